The zero-order valence-electron chi connectivity index (χ0n) is 9.84. The highest BCUT2D eigenvalue weighted by atomic mass is 79.9. The van der Waals surface area contributed by atoms with Crippen molar-refractivity contribution in [1.82, 2.24) is 0 Å². The van der Waals surface area contributed by atoms with Crippen LogP contribution in [0.15, 0.2) is 40.9 Å². The van der Waals surface area contributed by atoms with Crippen LogP contribution in [-0.2, 0) is 16.1 Å². The molecule has 2 aromatic rings. The van der Waals surface area contributed by atoms with Crippen molar-refractivity contribution in [1.29, 1.82) is 0 Å². The molecule has 0 spiro atoms. The van der Waals surface area contributed by atoms with Crippen molar-refractivity contribution in [2.75, 3.05) is 0 Å². The quantitative estimate of drug-likeness (QED) is 0.698. The summed E-state index contributed by atoms with van der Waals surface area (Å²) in [6.07, 6.45) is 0. The molecule has 0 saturated heterocycles. The van der Waals surface area contributed by atoms with Crippen molar-refractivity contribution < 1.29 is 19.8 Å². The van der Waals surface area contributed by atoms with Crippen LogP contribution in [0.4, 0.5) is 0 Å². The number of nitrogens with two attached hydrogens (primary N) is 1. The monoisotopic (exact) mass is 325 g/mol. The minimum Gasteiger partial charge on any atom is -0.473 e. The maximum absolute atomic E-state index is 9.10. The van der Waals surface area contributed by atoms with Gasteiger partial charge >= 0.3 is 11.9 Å². The van der Waals surface area contributed by atoms with Gasteiger partial charge in [0, 0.05) is 11.0 Å². The fourth-order valence-corrected chi connectivity index (χ4v) is 2.01. The molecule has 100 valence electrons. The number of carboxylic acid groups (broad SMARTS) is 2. The Morgan fingerprint density at radius 1 is 1.00 bits per heavy atom. The van der Waals surface area contributed by atoms with Gasteiger partial charge in [-0.05, 0) is 22.4 Å². The number of hydrogen-bond donors (Lipinski definition) is 3. The van der Waals surface area contributed by atoms with Crippen molar-refractivity contribution in [3.63, 3.8) is 0 Å². The van der Waals surface area contributed by atoms with Gasteiger partial charge < -0.3 is 15.9 Å². The minimum absolute atomic E-state index is 0.591. The highest BCUT2D eigenvalue weighted by Gasteiger charge is 2.04. The van der Waals surface area contributed by atoms with Crippen molar-refractivity contribution in [3.05, 3.63) is 46.4 Å². The summed E-state index contributed by atoms with van der Waals surface area (Å²) < 4.78 is 1.13. The molecule has 6 heteroatoms. The first-order valence-electron chi connectivity index (χ1n) is 5.29. The molecule has 0 bridgehead atoms. The van der Waals surface area contributed by atoms with Gasteiger partial charge in [0.05, 0.1) is 0 Å². The first-order chi connectivity index (χ1) is 8.97. The molecule has 0 fully saturated rings. The molecule has 0 heterocycles. The molecule has 0 aliphatic heterocycles. The summed E-state index contributed by atoms with van der Waals surface area (Å²) in [7, 11) is 0. The van der Waals surface area contributed by atoms with Gasteiger partial charge in [0.15, 0.2) is 0 Å². The molecular weight excluding hydrogens is 314 g/mol. The number of aliphatic carboxylic acids is 2. The fraction of sp³-hybridized carbons (Fsp3) is 0.0769. The lowest BCUT2D eigenvalue weighted by Gasteiger charge is -2.04. The lowest BCUT2D eigenvalue weighted by atomic mass is 10.1. The zero-order valence-corrected chi connectivity index (χ0v) is 11.4. The van der Waals surface area contributed by atoms with Crippen LogP contribution < -0.4 is 5.73 Å². The molecule has 0 unspecified atom stereocenters. The van der Waals surface area contributed by atoms with Gasteiger partial charge in [0.1, 0.15) is 0 Å². The van der Waals surface area contributed by atoms with Crippen LogP contribution in [0.3, 0.4) is 0 Å². The predicted molar refractivity (Wildman–Crippen MR) is 74.8 cm³/mol. The van der Waals surface area contributed by atoms with E-state index in [0.29, 0.717) is 6.54 Å². The Kier molecular flexibility index (Phi) is 5.47. The van der Waals surface area contributed by atoms with E-state index in [1.54, 1.807) is 0 Å². The van der Waals surface area contributed by atoms with Crippen LogP contribution in [0.2, 0.25) is 0 Å². The molecule has 0 radical (unpaired) electrons. The average Bonchev–Trinajstić information content (AvgIpc) is 2.39. The minimum atomic E-state index is -1.82. The lowest BCUT2D eigenvalue weighted by molar-refractivity contribution is -0.159. The third-order valence-electron chi connectivity index (χ3n) is 2.36. The first-order valence-corrected chi connectivity index (χ1v) is 6.09. The standard InChI is InChI=1S/C11H10BrN.C2H2O4/c12-11-6-2-4-9-8(7-13)3-1-5-10(9)11;3-1(4)2(5)6/h1-6H,7,13H2;(H,3,4)(H,5,6). The summed E-state index contributed by atoms with van der Waals surface area (Å²) in [5.41, 5.74) is 6.84. The van der Waals surface area contributed by atoms with Gasteiger partial charge in [-0.3, -0.25) is 0 Å². The largest absolute Gasteiger partial charge is 0.473 e. The van der Waals surface area contributed by atoms with Gasteiger partial charge in [0.25, 0.3) is 0 Å². The molecule has 0 atom stereocenters. The summed E-state index contributed by atoms with van der Waals surface area (Å²) >= 11 is 3.52. The van der Waals surface area contributed by atoms with Crippen LogP contribution in [0, 0.1) is 0 Å². The second-order valence-corrected chi connectivity index (χ2v) is 4.42. The Morgan fingerprint density at radius 2 is 1.53 bits per heavy atom. The molecular formula is C13H12BrNO4. The zero-order chi connectivity index (χ0) is 14.4. The van der Waals surface area contributed by atoms with Crippen LogP contribution in [0.5, 0.6) is 0 Å². The Bertz CT molecular complexity index is 601. The van der Waals surface area contributed by atoms with E-state index in [2.05, 4.69) is 34.1 Å². The van der Waals surface area contributed by atoms with Crippen molar-refractivity contribution in [2.45, 2.75) is 6.54 Å². The van der Waals surface area contributed by atoms with E-state index in [1.165, 1.54) is 16.3 Å². The molecule has 4 N–H and O–H groups in total. The smallest absolute Gasteiger partial charge is 0.414 e. The van der Waals surface area contributed by atoms with Gasteiger partial charge in [-0.25, -0.2) is 9.59 Å². The summed E-state index contributed by atoms with van der Waals surface area (Å²) in [5, 5.41) is 17.2. The molecule has 2 rings (SSSR count). The Labute approximate surface area is 117 Å². The van der Waals surface area contributed by atoms with E-state index in [4.69, 9.17) is 25.5 Å². The second-order valence-electron chi connectivity index (χ2n) is 3.57. The number of rotatable bonds is 1. The Hall–Kier alpha value is -1.92. The second kappa shape index (κ2) is 6.86. The maximum Gasteiger partial charge on any atom is 0.414 e. The lowest BCUT2D eigenvalue weighted by Crippen LogP contribution is -2.09. The summed E-state index contributed by atoms with van der Waals surface area (Å²) in [4.78, 5) is 18.2. The molecule has 0 aliphatic rings. The first kappa shape index (κ1) is 15.1. The van der Waals surface area contributed by atoms with Gasteiger partial charge in [-0.1, -0.05) is 46.3 Å². The highest BCUT2D eigenvalue weighted by Crippen LogP contribution is 2.25. The topological polar surface area (TPSA) is 101 Å². The molecule has 0 saturated carbocycles. The van der Waals surface area contributed by atoms with E-state index in [0.717, 1.165) is 4.47 Å². The van der Waals surface area contributed by atoms with Gasteiger partial charge in [-0.15, -0.1) is 0 Å². The highest BCUT2D eigenvalue weighted by molar-refractivity contribution is 9.10. The van der Waals surface area contributed by atoms with E-state index >= 15 is 0 Å². The van der Waals surface area contributed by atoms with Crippen LogP contribution >= 0.6 is 15.9 Å². The molecule has 0 aliphatic carbocycles. The Balaban J connectivity index is 0.000000258. The average molecular weight is 326 g/mol. The van der Waals surface area contributed by atoms with E-state index in [1.807, 2.05) is 18.2 Å². The third kappa shape index (κ3) is 4.04. The number of halogens is 1. The number of carbonyl (C=O) groups is 2. The van der Waals surface area contributed by atoms with E-state index in [9.17, 15) is 0 Å². The fourth-order valence-electron chi connectivity index (χ4n) is 1.51. The molecule has 0 amide bonds. The number of fused-ring (bicyclic) bond motifs is 1. The normalized spacial score (nSPS) is 9.58. The van der Waals surface area contributed by atoms with Crippen molar-refractivity contribution in [2.24, 2.45) is 5.73 Å². The van der Waals surface area contributed by atoms with Crippen molar-refractivity contribution in [3.8, 4) is 0 Å². The SMILES string of the molecule is NCc1cccc2c(Br)cccc12.O=C(O)C(=O)O. The third-order valence-corrected chi connectivity index (χ3v) is 3.05. The number of hydrogen-bond acceptors (Lipinski definition) is 3. The Morgan fingerprint density at radius 3 is 2.05 bits per heavy atom. The van der Waals surface area contributed by atoms with Crippen LogP contribution in [0.1, 0.15) is 5.56 Å². The molecule has 19 heavy (non-hydrogen) atoms. The van der Waals surface area contributed by atoms with Crippen LogP contribution in [-0.4, -0.2) is 22.2 Å². The van der Waals surface area contributed by atoms with Gasteiger partial charge in [-0.2, -0.15) is 0 Å². The summed E-state index contributed by atoms with van der Waals surface area (Å²) in [6, 6.07) is 12.4. The summed E-state index contributed by atoms with van der Waals surface area (Å²) in [6.45, 7) is 0.591. The number of benzene rings is 2. The molecule has 2 aromatic carbocycles. The summed E-state index contributed by atoms with van der Waals surface area (Å²) in [5.74, 6) is -3.65. The van der Waals surface area contributed by atoms with Crippen molar-refractivity contribution >= 4 is 38.6 Å². The molecule has 5 nitrogen and oxygen atoms in total. The van der Waals surface area contributed by atoms with E-state index in [-0.39, 0.29) is 0 Å². The van der Waals surface area contributed by atoms with E-state index < -0.39 is 11.9 Å². The van der Waals surface area contributed by atoms with Crippen LogP contribution in [0.25, 0.3) is 10.8 Å². The molecule has 0 aromatic heterocycles. The number of carboxylic acids is 2. The maximum atomic E-state index is 9.10. The predicted octanol–water partition coefficient (Wildman–Crippen LogP) is 2.22. The van der Waals surface area contributed by atoms with Gasteiger partial charge in [0.2, 0.25) is 0 Å².